The molecule has 1 unspecified atom stereocenters. The molecule has 1 heterocycles. The van der Waals surface area contributed by atoms with Crippen LogP contribution in [0.3, 0.4) is 0 Å². The maximum Gasteiger partial charge on any atom is 0.262 e. The van der Waals surface area contributed by atoms with Gasteiger partial charge in [-0.1, -0.05) is 23.8 Å². The number of carbonyl (C=O) groups excluding carboxylic acids is 1. The summed E-state index contributed by atoms with van der Waals surface area (Å²) >= 11 is 1.34. The van der Waals surface area contributed by atoms with Gasteiger partial charge < -0.3 is 4.74 Å². The van der Waals surface area contributed by atoms with Crippen molar-refractivity contribution in [2.45, 2.75) is 42.2 Å². The molecule has 0 aliphatic carbocycles. The second-order valence-electron chi connectivity index (χ2n) is 8.13. The van der Waals surface area contributed by atoms with Gasteiger partial charge in [-0.05, 0) is 69.3 Å². The maximum atomic E-state index is 13.1. The van der Waals surface area contributed by atoms with Crippen LogP contribution in [0.1, 0.15) is 25.1 Å². The summed E-state index contributed by atoms with van der Waals surface area (Å²) in [7, 11) is -4.08. The van der Waals surface area contributed by atoms with E-state index in [9.17, 15) is 18.4 Å². The van der Waals surface area contributed by atoms with Gasteiger partial charge in [0.1, 0.15) is 17.5 Å². The monoisotopic (exact) mass is 501 g/mol. The molecule has 3 rings (SSSR count). The molecular formula is C24H27N3O5S2. The number of pyridine rings is 1. The van der Waals surface area contributed by atoms with Gasteiger partial charge in [0.15, 0.2) is 0 Å². The number of hydroxylamine groups is 1. The fourth-order valence-corrected chi connectivity index (χ4v) is 5.50. The van der Waals surface area contributed by atoms with Crippen LogP contribution >= 0.6 is 11.8 Å². The smallest absolute Gasteiger partial charge is 0.262 e. The molecule has 34 heavy (non-hydrogen) atoms. The largest absolute Gasteiger partial charge is 0.457 e. The zero-order valence-corrected chi connectivity index (χ0v) is 20.7. The van der Waals surface area contributed by atoms with E-state index in [4.69, 9.17) is 4.74 Å². The summed E-state index contributed by atoms with van der Waals surface area (Å²) in [5, 5.41) is 9.24. The van der Waals surface area contributed by atoms with Crippen LogP contribution in [0.15, 0.2) is 77.8 Å². The molecule has 180 valence electrons. The van der Waals surface area contributed by atoms with Crippen LogP contribution in [0.25, 0.3) is 0 Å². The molecule has 10 heteroatoms. The molecule has 1 amide bonds. The van der Waals surface area contributed by atoms with Gasteiger partial charge >= 0.3 is 0 Å². The first-order valence-electron chi connectivity index (χ1n) is 10.5. The Balaban J connectivity index is 1.74. The zero-order valence-electron chi connectivity index (χ0n) is 19.1. The molecule has 0 radical (unpaired) electrons. The predicted molar refractivity (Wildman–Crippen MR) is 131 cm³/mol. The van der Waals surface area contributed by atoms with Crippen LogP contribution in [-0.4, -0.2) is 35.3 Å². The Morgan fingerprint density at radius 1 is 1.06 bits per heavy atom. The molecule has 0 saturated carbocycles. The van der Waals surface area contributed by atoms with Gasteiger partial charge in [-0.15, -0.1) is 11.8 Å². The number of hydrogen-bond donors (Lipinski definition) is 3. The van der Waals surface area contributed by atoms with Crippen molar-refractivity contribution in [3.05, 3.63) is 84.2 Å². The fraction of sp³-hybridized carbons (Fsp3) is 0.250. The lowest BCUT2D eigenvalue weighted by Crippen LogP contribution is -2.55. The minimum Gasteiger partial charge on any atom is -0.457 e. The molecule has 1 aromatic heterocycles. The van der Waals surface area contributed by atoms with Gasteiger partial charge in [-0.3, -0.25) is 15.0 Å². The molecule has 1 atom stereocenters. The van der Waals surface area contributed by atoms with Crippen molar-refractivity contribution in [3.8, 4) is 11.5 Å². The first-order chi connectivity index (χ1) is 16.1. The van der Waals surface area contributed by atoms with Gasteiger partial charge in [0, 0.05) is 16.7 Å². The molecule has 0 aliphatic heterocycles. The van der Waals surface area contributed by atoms with Crippen molar-refractivity contribution in [2.24, 2.45) is 0 Å². The number of nitrogens with zero attached hydrogens (tertiary/aromatic N) is 1. The number of carbonyl (C=O) groups is 1. The van der Waals surface area contributed by atoms with Crippen molar-refractivity contribution in [2.75, 3.05) is 0 Å². The van der Waals surface area contributed by atoms with E-state index < -0.39 is 26.7 Å². The van der Waals surface area contributed by atoms with Crippen LogP contribution < -0.4 is 14.9 Å². The number of nitrogens with one attached hydrogen (secondary N) is 2. The molecule has 3 N–H and O–H groups in total. The van der Waals surface area contributed by atoms with Gasteiger partial charge in [-0.2, -0.15) is 4.72 Å². The third-order valence-electron chi connectivity index (χ3n) is 5.05. The quantitative estimate of drug-likeness (QED) is 0.283. The molecule has 0 spiro atoms. The summed E-state index contributed by atoms with van der Waals surface area (Å²) in [6, 6.07) is 17.6. The predicted octanol–water partition coefficient (Wildman–Crippen LogP) is 4.05. The first kappa shape index (κ1) is 25.7. The van der Waals surface area contributed by atoms with Crippen molar-refractivity contribution in [1.82, 2.24) is 15.2 Å². The lowest BCUT2D eigenvalue weighted by Gasteiger charge is -2.32. The molecular weight excluding hydrogens is 474 g/mol. The van der Waals surface area contributed by atoms with Gasteiger partial charge in [-0.25, -0.2) is 13.9 Å². The lowest BCUT2D eigenvalue weighted by atomic mass is 10.0. The number of aromatic nitrogens is 1. The number of ether oxygens (including phenoxy) is 1. The molecule has 3 aromatic rings. The summed E-state index contributed by atoms with van der Waals surface area (Å²) in [5.41, 5.74) is 3.46. The average molecular weight is 502 g/mol. The lowest BCUT2D eigenvalue weighted by molar-refractivity contribution is -0.131. The van der Waals surface area contributed by atoms with Crippen molar-refractivity contribution < 1.29 is 23.2 Å². The van der Waals surface area contributed by atoms with Crippen LogP contribution in [0, 0.1) is 6.92 Å². The highest BCUT2D eigenvalue weighted by Gasteiger charge is 2.39. The summed E-state index contributed by atoms with van der Waals surface area (Å²) in [5.74, 6) is 0.696. The number of rotatable bonds is 10. The number of amides is 1. The first-order valence-corrected chi connectivity index (χ1v) is 12.9. The maximum absolute atomic E-state index is 13.1. The Morgan fingerprint density at radius 2 is 1.68 bits per heavy atom. The Hall–Kier alpha value is -2.92. The highest BCUT2D eigenvalue weighted by molar-refractivity contribution is 8.00. The van der Waals surface area contributed by atoms with Gasteiger partial charge in [0.25, 0.3) is 5.91 Å². The van der Waals surface area contributed by atoms with E-state index in [0.717, 1.165) is 11.3 Å². The second-order valence-corrected chi connectivity index (χ2v) is 11.5. The highest BCUT2D eigenvalue weighted by Crippen LogP contribution is 2.32. The standard InChI is InChI=1S/C24H27N3O5S2/c1-17-7-9-19(10-8-17)32-20-11-13-21(14-12-20)34(30,31)27-22(23(28)26-29)24(2,3)33-16-18-6-4-5-15-25-18/h4-15,22,27,29H,16H2,1-3H3,(H,26,28). The number of benzene rings is 2. The number of sulfonamides is 1. The minimum absolute atomic E-state index is 0.0370. The van der Waals surface area contributed by atoms with E-state index in [0.29, 0.717) is 17.3 Å². The van der Waals surface area contributed by atoms with E-state index in [-0.39, 0.29) is 4.90 Å². The van der Waals surface area contributed by atoms with E-state index in [1.54, 1.807) is 31.6 Å². The minimum atomic E-state index is -4.08. The third kappa shape index (κ3) is 6.80. The van der Waals surface area contributed by atoms with Crippen molar-refractivity contribution in [1.29, 1.82) is 0 Å². The summed E-state index contributed by atoms with van der Waals surface area (Å²) in [6.07, 6.45) is 1.66. The topological polar surface area (TPSA) is 118 Å². The average Bonchev–Trinajstić information content (AvgIpc) is 2.83. The SMILES string of the molecule is Cc1ccc(Oc2ccc(S(=O)(=O)NC(C(=O)NO)C(C)(C)SCc3ccccn3)cc2)cc1. The Kier molecular flexibility index (Phi) is 8.32. The third-order valence-corrected chi connectivity index (χ3v) is 7.91. The van der Waals surface area contributed by atoms with Gasteiger partial charge in [0.05, 0.1) is 10.6 Å². The van der Waals surface area contributed by atoms with Crippen LogP contribution in [0.4, 0.5) is 0 Å². The number of thioether (sulfide) groups is 1. The van der Waals surface area contributed by atoms with E-state index in [2.05, 4.69) is 9.71 Å². The molecule has 2 aromatic carbocycles. The Bertz CT molecular complexity index is 1200. The number of hydrogen-bond acceptors (Lipinski definition) is 7. The molecule has 0 bridgehead atoms. The molecule has 8 nitrogen and oxygen atoms in total. The van der Waals surface area contributed by atoms with E-state index in [1.165, 1.54) is 36.0 Å². The Morgan fingerprint density at radius 3 is 2.24 bits per heavy atom. The second kappa shape index (κ2) is 11.0. The molecule has 0 aliphatic rings. The Labute approximate surface area is 203 Å². The van der Waals surface area contributed by atoms with Crippen molar-refractivity contribution >= 4 is 27.7 Å². The van der Waals surface area contributed by atoms with Crippen molar-refractivity contribution in [3.63, 3.8) is 0 Å². The van der Waals surface area contributed by atoms with Crippen LogP contribution in [-0.2, 0) is 20.6 Å². The molecule has 0 fully saturated rings. The zero-order chi connectivity index (χ0) is 24.8. The highest BCUT2D eigenvalue weighted by atomic mass is 32.2. The summed E-state index contributed by atoms with van der Waals surface area (Å²) in [4.78, 5) is 16.6. The number of aryl methyl sites for hydroxylation is 1. The summed E-state index contributed by atoms with van der Waals surface area (Å²) in [6.45, 7) is 5.42. The summed E-state index contributed by atoms with van der Waals surface area (Å²) < 4.78 is 33.4. The van der Waals surface area contributed by atoms with Gasteiger partial charge in [0.2, 0.25) is 10.0 Å². The normalized spacial score (nSPS) is 12.7. The van der Waals surface area contributed by atoms with E-state index >= 15 is 0 Å². The molecule has 0 saturated heterocycles. The fourth-order valence-electron chi connectivity index (χ4n) is 3.05. The van der Waals surface area contributed by atoms with Crippen LogP contribution in [0.2, 0.25) is 0 Å². The van der Waals surface area contributed by atoms with E-state index in [1.807, 2.05) is 43.3 Å². The van der Waals surface area contributed by atoms with Crippen LogP contribution in [0.5, 0.6) is 11.5 Å².